The van der Waals surface area contributed by atoms with Gasteiger partial charge in [0.25, 0.3) is 5.56 Å². The summed E-state index contributed by atoms with van der Waals surface area (Å²) < 4.78 is 10.2. The number of aliphatic hydroxyl groups is 1. The number of carbonyl (C=O) groups is 1. The molecule has 8 heteroatoms. The van der Waals surface area contributed by atoms with E-state index in [2.05, 4.69) is 9.97 Å². The number of nitrogens with zero attached hydrogens (tertiary/aromatic N) is 1. The molecule has 8 nitrogen and oxygen atoms in total. The number of aromatic amines is 1. The molecule has 110 valence electrons. The summed E-state index contributed by atoms with van der Waals surface area (Å²) in [5.74, 6) is -1.47. The predicted octanol–water partition coefficient (Wildman–Crippen LogP) is -0.350. The molecule has 0 radical (unpaired) electrons. The Morgan fingerprint density at radius 2 is 2.20 bits per heavy atom. The van der Waals surface area contributed by atoms with Crippen molar-refractivity contribution >= 4 is 5.97 Å². The van der Waals surface area contributed by atoms with Gasteiger partial charge in [0.1, 0.15) is 11.4 Å². The first-order chi connectivity index (χ1) is 9.54. The zero-order valence-corrected chi connectivity index (χ0v) is 11.0. The number of esters is 1. The summed E-state index contributed by atoms with van der Waals surface area (Å²) >= 11 is 0. The Hall–Kier alpha value is -1.93. The molecule has 1 aromatic heterocycles. The van der Waals surface area contributed by atoms with Crippen LogP contribution in [0.15, 0.2) is 4.79 Å². The van der Waals surface area contributed by atoms with Crippen LogP contribution in [0.2, 0.25) is 0 Å². The molecule has 3 N–H and O–H groups in total. The highest BCUT2D eigenvalue weighted by Crippen LogP contribution is 2.47. The van der Waals surface area contributed by atoms with E-state index in [0.29, 0.717) is 12.8 Å². The monoisotopic (exact) mass is 284 g/mol. The number of aromatic nitrogens is 2. The molecule has 1 fully saturated rings. The normalized spacial score (nSPS) is 15.9. The third-order valence-electron chi connectivity index (χ3n) is 2.97. The molecular weight excluding hydrogens is 268 g/mol. The molecule has 0 aromatic carbocycles. The van der Waals surface area contributed by atoms with Gasteiger partial charge in [-0.3, -0.25) is 4.79 Å². The summed E-state index contributed by atoms with van der Waals surface area (Å²) in [5, 5.41) is 18.4. The van der Waals surface area contributed by atoms with Gasteiger partial charge in [0.05, 0.1) is 19.8 Å². The van der Waals surface area contributed by atoms with E-state index in [1.165, 1.54) is 0 Å². The van der Waals surface area contributed by atoms with Crippen molar-refractivity contribution in [3.63, 3.8) is 0 Å². The summed E-state index contributed by atoms with van der Waals surface area (Å²) in [6, 6.07) is 0. The number of aromatic hydroxyl groups is 1. The fourth-order valence-electron chi connectivity index (χ4n) is 1.83. The third-order valence-corrected chi connectivity index (χ3v) is 2.97. The summed E-state index contributed by atoms with van der Waals surface area (Å²) in [5.41, 5.74) is -2.04. The van der Waals surface area contributed by atoms with Crippen LogP contribution in [0.5, 0.6) is 5.75 Å². The van der Waals surface area contributed by atoms with Crippen molar-refractivity contribution in [3.8, 4) is 5.75 Å². The van der Waals surface area contributed by atoms with Gasteiger partial charge in [-0.2, -0.15) is 0 Å². The largest absolute Gasteiger partial charge is 0.501 e. The van der Waals surface area contributed by atoms with Crippen molar-refractivity contribution in [2.45, 2.75) is 25.4 Å². The van der Waals surface area contributed by atoms with E-state index in [9.17, 15) is 14.7 Å². The van der Waals surface area contributed by atoms with Crippen molar-refractivity contribution in [1.29, 1.82) is 0 Å². The SMILES string of the molecule is CCOC(=O)c1nc(C2(OCCO)CC2)[nH]c(=O)c1O. The molecule has 0 atom stereocenters. The lowest BCUT2D eigenvalue weighted by atomic mass is 10.2. The summed E-state index contributed by atoms with van der Waals surface area (Å²) in [4.78, 5) is 29.7. The van der Waals surface area contributed by atoms with E-state index in [-0.39, 0.29) is 25.6 Å². The minimum absolute atomic E-state index is 0.0966. The molecule has 0 amide bonds. The summed E-state index contributed by atoms with van der Waals surface area (Å²) in [6.07, 6.45) is 1.23. The van der Waals surface area contributed by atoms with Gasteiger partial charge in [-0.15, -0.1) is 0 Å². The lowest BCUT2D eigenvalue weighted by molar-refractivity contribution is 0.00250. The third kappa shape index (κ3) is 2.66. The Kier molecular flexibility index (Phi) is 4.05. The number of H-pyrrole nitrogens is 1. The van der Waals surface area contributed by atoms with E-state index >= 15 is 0 Å². The van der Waals surface area contributed by atoms with Crippen LogP contribution >= 0.6 is 0 Å². The Morgan fingerprint density at radius 1 is 1.50 bits per heavy atom. The molecule has 0 spiro atoms. The first-order valence-electron chi connectivity index (χ1n) is 6.30. The van der Waals surface area contributed by atoms with Crippen LogP contribution in [-0.4, -0.2) is 46.0 Å². The average molecular weight is 284 g/mol. The van der Waals surface area contributed by atoms with Crippen LogP contribution < -0.4 is 5.56 Å². The fraction of sp³-hybridized carbons (Fsp3) is 0.583. The molecule has 1 aliphatic rings. The van der Waals surface area contributed by atoms with Crippen molar-refractivity contribution in [1.82, 2.24) is 9.97 Å². The molecule has 1 heterocycles. The van der Waals surface area contributed by atoms with Gasteiger partial charge in [-0.1, -0.05) is 0 Å². The smallest absolute Gasteiger partial charge is 0.361 e. The second-order valence-corrected chi connectivity index (χ2v) is 4.40. The summed E-state index contributed by atoms with van der Waals surface area (Å²) in [6.45, 7) is 1.65. The molecule has 20 heavy (non-hydrogen) atoms. The van der Waals surface area contributed by atoms with Crippen LogP contribution in [0.1, 0.15) is 36.1 Å². The maximum Gasteiger partial charge on any atom is 0.361 e. The molecule has 0 bridgehead atoms. The van der Waals surface area contributed by atoms with Crippen molar-refractivity contribution in [3.05, 3.63) is 21.9 Å². The molecule has 1 saturated carbocycles. The minimum atomic E-state index is -0.865. The molecule has 0 unspecified atom stereocenters. The number of hydrogen-bond acceptors (Lipinski definition) is 7. The topological polar surface area (TPSA) is 122 Å². The van der Waals surface area contributed by atoms with E-state index in [0.717, 1.165) is 0 Å². The average Bonchev–Trinajstić information content (AvgIpc) is 3.20. The first kappa shape index (κ1) is 14.5. The number of carbonyl (C=O) groups excluding carboxylic acids is 1. The Bertz CT molecular complexity index is 564. The van der Waals surface area contributed by atoms with Gasteiger partial charge in [-0.05, 0) is 19.8 Å². The number of aliphatic hydroxyl groups excluding tert-OH is 1. The standard InChI is InChI=1S/C12H16N2O6/c1-2-19-10(18)7-8(16)9(17)14-11(13-7)12(3-4-12)20-6-5-15/h15-16H,2-6H2,1H3,(H,13,14,17). The highest BCUT2D eigenvalue weighted by atomic mass is 16.5. The van der Waals surface area contributed by atoms with Crippen molar-refractivity contribution in [2.75, 3.05) is 19.8 Å². The van der Waals surface area contributed by atoms with E-state index in [4.69, 9.17) is 14.6 Å². The summed E-state index contributed by atoms with van der Waals surface area (Å²) in [7, 11) is 0. The zero-order valence-electron chi connectivity index (χ0n) is 11.0. The number of nitrogens with one attached hydrogen (secondary N) is 1. The van der Waals surface area contributed by atoms with Crippen LogP contribution in [0.25, 0.3) is 0 Å². The first-order valence-corrected chi connectivity index (χ1v) is 6.30. The Labute approximate surface area is 114 Å². The minimum Gasteiger partial charge on any atom is -0.501 e. The van der Waals surface area contributed by atoms with Gasteiger partial charge in [0.2, 0.25) is 5.75 Å². The fourth-order valence-corrected chi connectivity index (χ4v) is 1.83. The van der Waals surface area contributed by atoms with Crippen molar-refractivity contribution < 1.29 is 24.5 Å². The highest BCUT2D eigenvalue weighted by molar-refractivity contribution is 5.89. The maximum absolute atomic E-state index is 11.7. The van der Waals surface area contributed by atoms with Crippen molar-refractivity contribution in [2.24, 2.45) is 0 Å². The lowest BCUT2D eigenvalue weighted by Gasteiger charge is -2.15. The molecule has 1 aromatic rings. The van der Waals surface area contributed by atoms with Crippen LogP contribution in [0.4, 0.5) is 0 Å². The van der Waals surface area contributed by atoms with Gasteiger partial charge >= 0.3 is 5.97 Å². The van der Waals surface area contributed by atoms with Gasteiger partial charge in [0.15, 0.2) is 5.69 Å². The Balaban J connectivity index is 2.36. The Morgan fingerprint density at radius 3 is 2.75 bits per heavy atom. The number of hydrogen-bond donors (Lipinski definition) is 3. The van der Waals surface area contributed by atoms with Gasteiger partial charge < -0.3 is 24.7 Å². The molecule has 1 aliphatic carbocycles. The zero-order chi connectivity index (χ0) is 14.8. The van der Waals surface area contributed by atoms with Crippen LogP contribution in [-0.2, 0) is 15.1 Å². The lowest BCUT2D eigenvalue weighted by Crippen LogP contribution is -2.25. The predicted molar refractivity (Wildman–Crippen MR) is 66.4 cm³/mol. The second kappa shape index (κ2) is 5.59. The van der Waals surface area contributed by atoms with Crippen LogP contribution in [0.3, 0.4) is 0 Å². The number of rotatable bonds is 6. The maximum atomic E-state index is 11.7. The van der Waals surface area contributed by atoms with E-state index in [1.807, 2.05) is 0 Å². The van der Waals surface area contributed by atoms with E-state index < -0.39 is 28.6 Å². The number of ether oxygens (including phenoxy) is 2. The molecule has 2 rings (SSSR count). The van der Waals surface area contributed by atoms with Gasteiger partial charge in [-0.25, -0.2) is 9.78 Å². The van der Waals surface area contributed by atoms with Crippen LogP contribution in [0, 0.1) is 0 Å². The highest BCUT2D eigenvalue weighted by Gasteiger charge is 2.49. The van der Waals surface area contributed by atoms with E-state index in [1.54, 1.807) is 6.92 Å². The molecule has 0 saturated heterocycles. The molecule has 0 aliphatic heterocycles. The molecular formula is C12H16N2O6. The quantitative estimate of drug-likeness (QED) is 0.610. The second-order valence-electron chi connectivity index (χ2n) is 4.40. The van der Waals surface area contributed by atoms with Gasteiger partial charge in [0, 0.05) is 0 Å².